The largest absolute Gasteiger partial charge is 0.478 e. The van der Waals surface area contributed by atoms with Crippen LogP contribution in [-0.4, -0.2) is 58.2 Å². The molecule has 0 aliphatic carbocycles. The molecule has 3 aliphatic rings. The van der Waals surface area contributed by atoms with Crippen LogP contribution in [0.5, 0.6) is 11.6 Å². The van der Waals surface area contributed by atoms with Crippen molar-refractivity contribution < 1.29 is 24.4 Å². The number of ether oxygens (including phenoxy) is 3. The van der Waals surface area contributed by atoms with Crippen LogP contribution in [0.2, 0.25) is 0 Å². The van der Waals surface area contributed by atoms with Gasteiger partial charge in [0.05, 0.1) is 5.70 Å². The van der Waals surface area contributed by atoms with Crippen molar-refractivity contribution in [3.05, 3.63) is 95.2 Å². The fourth-order valence-electron chi connectivity index (χ4n) is 4.55. The number of aliphatic imine (C=N–C) groups is 1. The average Bonchev–Trinajstić information content (AvgIpc) is 2.95. The third-order valence-electron chi connectivity index (χ3n) is 6.42. The van der Waals surface area contributed by atoms with Crippen molar-refractivity contribution in [2.45, 2.75) is 25.0 Å². The summed E-state index contributed by atoms with van der Waals surface area (Å²) in [6.07, 6.45) is 2.04. The first-order chi connectivity index (χ1) is 18.1. The van der Waals surface area contributed by atoms with Gasteiger partial charge in [-0.15, -0.1) is 0 Å². The number of nitrogens with zero attached hydrogens (tertiary/aromatic N) is 3. The van der Waals surface area contributed by atoms with Gasteiger partial charge in [0.1, 0.15) is 19.3 Å². The fourth-order valence-corrected chi connectivity index (χ4v) is 4.55. The summed E-state index contributed by atoms with van der Waals surface area (Å²) in [7, 11) is 0. The van der Waals surface area contributed by atoms with Gasteiger partial charge in [-0.2, -0.15) is 4.99 Å². The maximum atomic E-state index is 10.7. The Morgan fingerprint density at radius 2 is 2.03 bits per heavy atom. The lowest BCUT2D eigenvalue weighted by Gasteiger charge is -2.37. The van der Waals surface area contributed by atoms with Crippen LogP contribution in [0, 0.1) is 11.8 Å². The van der Waals surface area contributed by atoms with Crippen molar-refractivity contribution in [3.63, 3.8) is 0 Å². The van der Waals surface area contributed by atoms with Gasteiger partial charge in [-0.3, -0.25) is 0 Å². The molecule has 6 rings (SSSR count). The molecule has 0 bridgehead atoms. The number of hydrogen-bond donors (Lipinski definition) is 2. The highest BCUT2D eigenvalue weighted by molar-refractivity contribution is 5.97. The van der Waals surface area contributed by atoms with Crippen LogP contribution in [0.4, 0.5) is 0 Å². The number of benzene rings is 2. The van der Waals surface area contributed by atoms with E-state index in [1.807, 2.05) is 59.5 Å². The third kappa shape index (κ3) is 4.87. The smallest absolute Gasteiger partial charge is 0.257 e. The average molecular weight is 496 g/mol. The number of aliphatic hydroxyl groups excluding tert-OH is 2. The molecule has 186 valence electrons. The fraction of sp³-hybridized carbons (Fsp3) is 0.241. The second-order valence-electron chi connectivity index (χ2n) is 8.91. The topological polar surface area (TPSA) is 96.6 Å². The van der Waals surface area contributed by atoms with Crippen molar-refractivity contribution in [2.75, 3.05) is 19.8 Å². The van der Waals surface area contributed by atoms with Gasteiger partial charge >= 0.3 is 0 Å². The molecule has 0 fully saturated rings. The molecule has 2 N–H and O–H groups in total. The molecule has 3 unspecified atom stereocenters. The normalized spacial score (nSPS) is 20.3. The summed E-state index contributed by atoms with van der Waals surface area (Å²) in [5.74, 6) is 7.39. The quantitative estimate of drug-likeness (QED) is 0.540. The van der Waals surface area contributed by atoms with E-state index in [-0.39, 0.29) is 12.7 Å². The summed E-state index contributed by atoms with van der Waals surface area (Å²) >= 11 is 0. The summed E-state index contributed by atoms with van der Waals surface area (Å²) in [5, 5.41) is 21.0. The number of pyridine rings is 1. The van der Waals surface area contributed by atoms with Crippen molar-refractivity contribution >= 4 is 11.6 Å². The maximum Gasteiger partial charge on any atom is 0.257 e. The lowest BCUT2D eigenvalue weighted by molar-refractivity contribution is 0.0348. The van der Waals surface area contributed by atoms with E-state index in [0.29, 0.717) is 30.7 Å². The van der Waals surface area contributed by atoms with Gasteiger partial charge in [0, 0.05) is 29.9 Å². The monoisotopic (exact) mass is 495 g/mol. The van der Waals surface area contributed by atoms with Crippen molar-refractivity contribution in [2.24, 2.45) is 4.99 Å². The van der Waals surface area contributed by atoms with E-state index >= 15 is 0 Å². The molecule has 37 heavy (non-hydrogen) atoms. The lowest BCUT2D eigenvalue weighted by Crippen LogP contribution is -2.41. The van der Waals surface area contributed by atoms with Crippen LogP contribution in [-0.2, 0) is 11.2 Å². The minimum atomic E-state index is -1.03. The van der Waals surface area contributed by atoms with Crippen molar-refractivity contribution in [1.29, 1.82) is 0 Å². The van der Waals surface area contributed by atoms with E-state index < -0.39 is 12.5 Å². The van der Waals surface area contributed by atoms with Crippen LogP contribution in [0.25, 0.3) is 5.70 Å². The maximum absolute atomic E-state index is 10.7. The third-order valence-corrected chi connectivity index (χ3v) is 6.42. The molecule has 3 atom stereocenters. The van der Waals surface area contributed by atoms with Crippen LogP contribution < -0.4 is 9.47 Å². The number of hydrogen-bond acceptors (Lipinski definition) is 8. The molecule has 0 saturated carbocycles. The van der Waals surface area contributed by atoms with Gasteiger partial charge in [0.2, 0.25) is 12.2 Å². The Morgan fingerprint density at radius 3 is 2.92 bits per heavy atom. The Kier molecular flexibility index (Phi) is 6.23. The molecule has 8 heteroatoms. The summed E-state index contributed by atoms with van der Waals surface area (Å²) < 4.78 is 17.5. The van der Waals surface area contributed by atoms with Gasteiger partial charge in [0.15, 0.2) is 11.9 Å². The molecule has 1 aromatic heterocycles. The van der Waals surface area contributed by atoms with E-state index in [2.05, 4.69) is 21.8 Å². The highest BCUT2D eigenvalue weighted by atomic mass is 16.6. The number of aromatic nitrogens is 1. The zero-order valence-corrected chi connectivity index (χ0v) is 19.9. The molecule has 0 saturated heterocycles. The van der Waals surface area contributed by atoms with Crippen molar-refractivity contribution in [1.82, 2.24) is 9.88 Å². The second kappa shape index (κ2) is 9.97. The van der Waals surface area contributed by atoms with Gasteiger partial charge in [-0.1, -0.05) is 48.2 Å². The first-order valence-electron chi connectivity index (χ1n) is 12.1. The first-order valence-corrected chi connectivity index (χ1v) is 12.1. The number of fused-ring (bicyclic) bond motifs is 4. The Labute approximate surface area is 214 Å². The van der Waals surface area contributed by atoms with Gasteiger partial charge in [0.25, 0.3) is 5.88 Å². The van der Waals surface area contributed by atoms with Crippen molar-refractivity contribution in [3.8, 4) is 23.5 Å². The zero-order valence-electron chi connectivity index (χ0n) is 19.9. The van der Waals surface area contributed by atoms with Gasteiger partial charge in [-0.25, -0.2) is 4.98 Å². The molecule has 0 spiro atoms. The van der Waals surface area contributed by atoms with Crippen LogP contribution >= 0.6 is 0 Å². The molecule has 8 nitrogen and oxygen atoms in total. The van der Waals surface area contributed by atoms with Gasteiger partial charge in [-0.05, 0) is 41.8 Å². The highest BCUT2D eigenvalue weighted by Gasteiger charge is 2.30. The molecule has 2 aromatic carbocycles. The second-order valence-corrected chi connectivity index (χ2v) is 8.91. The van der Waals surface area contributed by atoms with Crippen LogP contribution in [0.15, 0.2) is 77.9 Å². The summed E-state index contributed by atoms with van der Waals surface area (Å²) in [6, 6.07) is 18.9. The molecule has 0 radical (unpaired) electrons. The predicted octanol–water partition coefficient (Wildman–Crippen LogP) is 2.91. The Morgan fingerprint density at radius 1 is 1.14 bits per heavy atom. The summed E-state index contributed by atoms with van der Waals surface area (Å²) in [4.78, 5) is 10.3. The first kappa shape index (κ1) is 23.1. The summed E-state index contributed by atoms with van der Waals surface area (Å²) in [6.45, 7) is 1.15. The minimum absolute atomic E-state index is 0.217. The standard InChI is InChI=1S/C29H25N3O5/c33-25(20-5-2-1-3-6-20)11-9-19-8-10-23-21(15-19)12-14-32-24(23)16-27(31-29(32)34)35-17-22-18-36-28-26(37-22)7-4-13-30-28/h1-8,10,13,15-16,22,25,29,33-34H,12,14,17-18H2. The lowest BCUT2D eigenvalue weighted by atomic mass is 9.93. The molecule has 3 aliphatic heterocycles. The van der Waals surface area contributed by atoms with E-state index in [1.54, 1.807) is 18.3 Å². The number of aliphatic hydroxyl groups is 2. The van der Waals surface area contributed by atoms with E-state index in [4.69, 9.17) is 14.2 Å². The van der Waals surface area contributed by atoms with E-state index in [0.717, 1.165) is 34.4 Å². The van der Waals surface area contributed by atoms with Gasteiger partial charge < -0.3 is 29.3 Å². The molecular formula is C29H25N3O5. The highest BCUT2D eigenvalue weighted by Crippen LogP contribution is 2.33. The Hall–Kier alpha value is -4.32. The molecule has 3 aromatic rings. The van der Waals surface area contributed by atoms with Crippen LogP contribution in [0.3, 0.4) is 0 Å². The zero-order chi connectivity index (χ0) is 25.2. The predicted molar refractivity (Wildman–Crippen MR) is 137 cm³/mol. The SMILES string of the molecule is OC(C#Cc1ccc2c(c1)CCN1C2=CC(OCC2COc3ncccc3O2)=NC1O)c1ccccc1. The number of rotatable bonds is 3. The van der Waals surface area contributed by atoms with Crippen LogP contribution in [0.1, 0.15) is 28.4 Å². The molecular weight excluding hydrogens is 470 g/mol. The summed E-state index contributed by atoms with van der Waals surface area (Å²) in [5.41, 5.74) is 4.55. The molecule has 4 heterocycles. The molecule has 0 amide bonds. The minimum Gasteiger partial charge on any atom is -0.478 e. The Bertz CT molecular complexity index is 1430. The Balaban J connectivity index is 1.17. The van der Waals surface area contributed by atoms with E-state index in [9.17, 15) is 10.2 Å². The van der Waals surface area contributed by atoms with E-state index in [1.165, 1.54) is 0 Å².